The van der Waals surface area contributed by atoms with Crippen molar-refractivity contribution < 1.29 is 31.1 Å². The van der Waals surface area contributed by atoms with Gasteiger partial charge in [0.15, 0.2) is 0 Å². The van der Waals surface area contributed by atoms with Crippen LogP contribution in [-0.4, -0.2) is 40.3 Å². The van der Waals surface area contributed by atoms with Crippen LogP contribution in [0.2, 0.25) is 0 Å². The topological polar surface area (TPSA) is 84.5 Å². The van der Waals surface area contributed by atoms with Gasteiger partial charge in [0.05, 0.1) is 17.4 Å². The third-order valence-electron chi connectivity index (χ3n) is 4.71. The van der Waals surface area contributed by atoms with E-state index in [1.807, 2.05) is 0 Å². The molecule has 0 radical (unpaired) electrons. The summed E-state index contributed by atoms with van der Waals surface area (Å²) in [6, 6.07) is 5.07. The first kappa shape index (κ1) is 22.6. The maximum absolute atomic E-state index is 12.9. The van der Waals surface area contributed by atoms with Gasteiger partial charge in [0.25, 0.3) is 0 Å². The van der Waals surface area contributed by atoms with Gasteiger partial charge in [0.1, 0.15) is 0 Å². The first-order valence-electron chi connectivity index (χ1n) is 9.02. The maximum Gasteiger partial charge on any atom is 0.391 e. The lowest BCUT2D eigenvalue weighted by molar-refractivity contribution is -0.185. The summed E-state index contributed by atoms with van der Waals surface area (Å²) < 4.78 is 70.6. The van der Waals surface area contributed by atoms with E-state index in [0.717, 1.165) is 0 Å². The monoisotopic (exact) mass is 422 g/mol. The molecular weight excluding hydrogens is 397 g/mol. The SMILES string of the molecule is COC[C@H](C)NS(=O)(=O)c1ccc(NC(=O)[C@H]2CCC[C@@H](C(F)(F)F)C2)cc1. The molecule has 2 rings (SSSR count). The van der Waals surface area contributed by atoms with Crippen molar-refractivity contribution in [3.05, 3.63) is 24.3 Å². The molecule has 0 unspecified atom stereocenters. The fourth-order valence-corrected chi connectivity index (χ4v) is 4.53. The van der Waals surface area contributed by atoms with Crippen molar-refractivity contribution in [2.24, 2.45) is 11.8 Å². The summed E-state index contributed by atoms with van der Waals surface area (Å²) in [5.74, 6) is -2.64. The van der Waals surface area contributed by atoms with Gasteiger partial charge in [-0.05, 0) is 50.5 Å². The number of halogens is 3. The number of hydrogen-bond donors (Lipinski definition) is 2. The van der Waals surface area contributed by atoms with E-state index >= 15 is 0 Å². The highest BCUT2D eigenvalue weighted by molar-refractivity contribution is 7.89. The molecule has 6 nitrogen and oxygen atoms in total. The molecule has 3 atom stereocenters. The zero-order valence-corrected chi connectivity index (χ0v) is 16.6. The van der Waals surface area contributed by atoms with Crippen LogP contribution in [0.5, 0.6) is 0 Å². The average Bonchev–Trinajstić information content (AvgIpc) is 2.61. The molecule has 0 aliphatic heterocycles. The molecule has 0 heterocycles. The molecule has 158 valence electrons. The van der Waals surface area contributed by atoms with Crippen LogP contribution >= 0.6 is 0 Å². The Labute approximate surface area is 162 Å². The highest BCUT2D eigenvalue weighted by Crippen LogP contribution is 2.40. The Morgan fingerprint density at radius 1 is 1.25 bits per heavy atom. The Balaban J connectivity index is 1.99. The molecule has 0 aromatic heterocycles. The summed E-state index contributed by atoms with van der Waals surface area (Å²) in [6.07, 6.45) is -3.70. The Hall–Kier alpha value is -1.65. The fraction of sp³-hybridized carbons (Fsp3) is 0.611. The molecule has 1 aliphatic carbocycles. The number of methoxy groups -OCH3 is 1. The molecular formula is C18H25F3N2O4S. The number of carbonyl (C=O) groups excluding carboxylic acids is 1. The second kappa shape index (κ2) is 9.23. The van der Waals surface area contributed by atoms with Crippen LogP contribution in [0, 0.1) is 11.8 Å². The van der Waals surface area contributed by atoms with Crippen LogP contribution in [-0.2, 0) is 19.6 Å². The third kappa shape index (κ3) is 6.18. The molecule has 0 saturated heterocycles. The van der Waals surface area contributed by atoms with Crippen LogP contribution in [0.25, 0.3) is 0 Å². The largest absolute Gasteiger partial charge is 0.391 e. The molecule has 0 bridgehead atoms. The maximum atomic E-state index is 12.9. The number of rotatable bonds is 7. The van der Waals surface area contributed by atoms with Crippen LogP contribution in [0.15, 0.2) is 29.2 Å². The first-order valence-corrected chi connectivity index (χ1v) is 10.5. The standard InChI is InChI=1S/C18H25F3N2O4S/c1-12(11-27-2)23-28(25,26)16-8-6-15(7-9-16)22-17(24)13-4-3-5-14(10-13)18(19,20)21/h6-9,12-14,23H,3-5,10-11H2,1-2H3,(H,22,24)/t12-,13-,14+/m0/s1. The minimum atomic E-state index is -4.29. The quantitative estimate of drug-likeness (QED) is 0.706. The number of amides is 1. The highest BCUT2D eigenvalue weighted by Gasteiger charge is 2.43. The third-order valence-corrected chi connectivity index (χ3v) is 6.32. The number of hydrogen-bond acceptors (Lipinski definition) is 4. The van der Waals surface area contributed by atoms with E-state index in [4.69, 9.17) is 4.74 Å². The lowest BCUT2D eigenvalue weighted by Crippen LogP contribution is -2.35. The molecule has 1 aromatic carbocycles. The molecule has 1 aromatic rings. The number of alkyl halides is 3. The predicted octanol–water partition coefficient (Wildman–Crippen LogP) is 3.31. The number of benzene rings is 1. The van der Waals surface area contributed by atoms with Gasteiger partial charge in [-0.3, -0.25) is 4.79 Å². The Bertz CT molecular complexity index is 766. The van der Waals surface area contributed by atoms with E-state index in [0.29, 0.717) is 18.5 Å². The van der Waals surface area contributed by atoms with Gasteiger partial charge < -0.3 is 10.1 Å². The van der Waals surface area contributed by atoms with Gasteiger partial charge in [0, 0.05) is 24.8 Å². The van der Waals surface area contributed by atoms with Gasteiger partial charge in [0.2, 0.25) is 15.9 Å². The van der Waals surface area contributed by atoms with Crippen molar-refractivity contribution in [2.45, 2.75) is 49.7 Å². The van der Waals surface area contributed by atoms with E-state index in [1.165, 1.54) is 31.4 Å². The van der Waals surface area contributed by atoms with Crippen LogP contribution < -0.4 is 10.0 Å². The van der Waals surface area contributed by atoms with E-state index in [9.17, 15) is 26.4 Å². The number of sulfonamides is 1. The number of carbonyl (C=O) groups is 1. The lowest BCUT2D eigenvalue weighted by Gasteiger charge is -2.29. The van der Waals surface area contributed by atoms with Crippen molar-refractivity contribution in [3.8, 4) is 0 Å². The van der Waals surface area contributed by atoms with Crippen molar-refractivity contribution in [3.63, 3.8) is 0 Å². The van der Waals surface area contributed by atoms with Gasteiger partial charge in [-0.25, -0.2) is 13.1 Å². The van der Waals surface area contributed by atoms with E-state index in [1.54, 1.807) is 6.92 Å². The van der Waals surface area contributed by atoms with E-state index < -0.39 is 40.0 Å². The number of nitrogens with one attached hydrogen (secondary N) is 2. The molecule has 10 heteroatoms. The minimum Gasteiger partial charge on any atom is -0.383 e. The zero-order valence-electron chi connectivity index (χ0n) is 15.8. The van der Waals surface area contributed by atoms with E-state index in [2.05, 4.69) is 10.0 Å². The minimum absolute atomic E-state index is 0.0169. The predicted molar refractivity (Wildman–Crippen MR) is 98.2 cm³/mol. The van der Waals surface area contributed by atoms with Gasteiger partial charge in [-0.15, -0.1) is 0 Å². The smallest absolute Gasteiger partial charge is 0.383 e. The Morgan fingerprint density at radius 3 is 2.46 bits per heavy atom. The molecule has 1 aliphatic rings. The molecule has 28 heavy (non-hydrogen) atoms. The van der Waals surface area contributed by atoms with Gasteiger partial charge in [-0.1, -0.05) is 6.42 Å². The summed E-state index contributed by atoms with van der Waals surface area (Å²) in [5.41, 5.74) is 0.336. The second-order valence-corrected chi connectivity index (χ2v) is 8.81. The van der Waals surface area contributed by atoms with Crippen molar-refractivity contribution in [1.82, 2.24) is 4.72 Å². The number of anilines is 1. The van der Waals surface area contributed by atoms with Crippen LogP contribution in [0.1, 0.15) is 32.6 Å². The van der Waals surface area contributed by atoms with Crippen molar-refractivity contribution in [2.75, 3.05) is 19.0 Å². The molecule has 1 amide bonds. The Morgan fingerprint density at radius 2 is 1.89 bits per heavy atom. The molecule has 2 N–H and O–H groups in total. The Kier molecular flexibility index (Phi) is 7.46. The zero-order chi connectivity index (χ0) is 20.9. The van der Waals surface area contributed by atoms with Gasteiger partial charge >= 0.3 is 6.18 Å². The van der Waals surface area contributed by atoms with Crippen LogP contribution in [0.4, 0.5) is 18.9 Å². The summed E-state index contributed by atoms with van der Waals surface area (Å²) >= 11 is 0. The van der Waals surface area contributed by atoms with Gasteiger partial charge in [-0.2, -0.15) is 13.2 Å². The van der Waals surface area contributed by atoms with Crippen LogP contribution in [0.3, 0.4) is 0 Å². The van der Waals surface area contributed by atoms with Crippen molar-refractivity contribution >= 4 is 21.6 Å². The summed E-state index contributed by atoms with van der Waals surface area (Å²) in [4.78, 5) is 12.3. The van der Waals surface area contributed by atoms with E-state index in [-0.39, 0.29) is 24.3 Å². The fourth-order valence-electron chi connectivity index (χ4n) is 3.30. The highest BCUT2D eigenvalue weighted by atomic mass is 32.2. The molecule has 1 saturated carbocycles. The summed E-state index contributed by atoms with van der Waals surface area (Å²) in [6.45, 7) is 1.88. The summed E-state index contributed by atoms with van der Waals surface area (Å²) in [5, 5.41) is 2.58. The number of ether oxygens (including phenoxy) is 1. The molecule has 0 spiro atoms. The van der Waals surface area contributed by atoms with Crippen molar-refractivity contribution in [1.29, 1.82) is 0 Å². The normalized spacial score (nSPS) is 21.9. The molecule has 1 fully saturated rings. The first-order chi connectivity index (χ1) is 13.0. The average molecular weight is 422 g/mol. The summed E-state index contributed by atoms with van der Waals surface area (Å²) in [7, 11) is -2.27. The second-order valence-electron chi connectivity index (χ2n) is 7.09. The lowest BCUT2D eigenvalue weighted by atomic mass is 9.80.